The molecule has 4 rings (SSSR count). The first-order chi connectivity index (χ1) is 14.3. The summed E-state index contributed by atoms with van der Waals surface area (Å²) >= 11 is 0. The number of nitrogens with zero attached hydrogens (tertiary/aromatic N) is 2. The number of anilines is 1. The third-order valence-corrected chi connectivity index (χ3v) is 6.48. The van der Waals surface area contributed by atoms with E-state index in [9.17, 15) is 14.0 Å². The first-order valence-corrected chi connectivity index (χ1v) is 10.4. The van der Waals surface area contributed by atoms with Gasteiger partial charge in [-0.25, -0.2) is 4.39 Å². The lowest BCUT2D eigenvalue weighted by Crippen LogP contribution is -2.56. The van der Waals surface area contributed by atoms with E-state index in [4.69, 9.17) is 0 Å². The van der Waals surface area contributed by atoms with Gasteiger partial charge in [0.2, 0.25) is 11.8 Å². The number of hydrogen-bond acceptors (Lipinski definition) is 3. The van der Waals surface area contributed by atoms with Gasteiger partial charge in [0.15, 0.2) is 0 Å². The number of halogens is 1. The second-order valence-corrected chi connectivity index (χ2v) is 8.70. The predicted molar refractivity (Wildman–Crippen MR) is 115 cm³/mol. The Morgan fingerprint density at radius 2 is 1.97 bits per heavy atom. The van der Waals surface area contributed by atoms with E-state index in [1.54, 1.807) is 6.07 Å². The molecular formula is C24H28FN3O2. The second kappa shape index (κ2) is 7.84. The molecule has 1 N–H and O–H groups in total. The number of piperidine rings is 1. The number of nitrogens with one attached hydrogen (secondary N) is 1. The largest absolute Gasteiger partial charge is 0.341 e. The maximum atomic E-state index is 14.2. The number of hydrogen-bond donors (Lipinski definition) is 1. The van der Waals surface area contributed by atoms with Gasteiger partial charge in [0.1, 0.15) is 11.2 Å². The van der Waals surface area contributed by atoms with E-state index in [2.05, 4.69) is 10.2 Å². The highest BCUT2D eigenvalue weighted by molar-refractivity contribution is 6.08. The average Bonchev–Trinajstić information content (AvgIpc) is 2.98. The molecule has 2 aliphatic heterocycles. The van der Waals surface area contributed by atoms with Crippen LogP contribution in [0.3, 0.4) is 0 Å². The van der Waals surface area contributed by atoms with Crippen molar-refractivity contribution < 1.29 is 14.0 Å². The number of benzene rings is 2. The highest BCUT2D eigenvalue weighted by Gasteiger charge is 2.57. The number of amides is 2. The lowest BCUT2D eigenvalue weighted by atomic mass is 9.63. The second-order valence-electron chi connectivity index (χ2n) is 8.70. The third kappa shape index (κ3) is 3.39. The molecule has 2 amide bonds. The van der Waals surface area contributed by atoms with Gasteiger partial charge in [0, 0.05) is 31.1 Å². The highest BCUT2D eigenvalue weighted by Crippen LogP contribution is 2.52. The van der Waals surface area contributed by atoms with Crippen molar-refractivity contribution in [3.05, 3.63) is 65.0 Å². The minimum absolute atomic E-state index is 0.0187. The van der Waals surface area contributed by atoms with Crippen LogP contribution in [0.15, 0.2) is 42.5 Å². The van der Waals surface area contributed by atoms with Gasteiger partial charge in [-0.05, 0) is 68.9 Å². The summed E-state index contributed by atoms with van der Waals surface area (Å²) in [5.41, 5.74) is 2.40. The van der Waals surface area contributed by atoms with Crippen molar-refractivity contribution in [3.8, 4) is 0 Å². The minimum Gasteiger partial charge on any atom is -0.341 e. The van der Waals surface area contributed by atoms with Crippen molar-refractivity contribution in [2.45, 2.75) is 31.1 Å². The zero-order valence-electron chi connectivity index (χ0n) is 17.7. The summed E-state index contributed by atoms with van der Waals surface area (Å²) in [7, 11) is 4.01. The molecular weight excluding hydrogens is 381 g/mol. The van der Waals surface area contributed by atoms with Gasteiger partial charge in [0.25, 0.3) is 0 Å². The molecule has 5 nitrogen and oxygen atoms in total. The lowest BCUT2D eigenvalue weighted by Gasteiger charge is -2.45. The highest BCUT2D eigenvalue weighted by atomic mass is 19.1. The Labute approximate surface area is 176 Å². The smallest absolute Gasteiger partial charge is 0.237 e. The number of fused-ring (bicyclic) bond motifs is 2. The Bertz CT molecular complexity index is 990. The van der Waals surface area contributed by atoms with Crippen LogP contribution in [0.4, 0.5) is 10.1 Å². The molecule has 158 valence electrons. The fourth-order valence-electron chi connectivity index (χ4n) is 4.96. The van der Waals surface area contributed by atoms with E-state index < -0.39 is 11.3 Å². The molecule has 0 bridgehead atoms. The van der Waals surface area contributed by atoms with E-state index in [1.807, 2.05) is 50.2 Å². The fourth-order valence-corrected chi connectivity index (χ4v) is 4.96. The van der Waals surface area contributed by atoms with Gasteiger partial charge in [-0.15, -0.1) is 0 Å². The van der Waals surface area contributed by atoms with Gasteiger partial charge in [-0.3, -0.25) is 9.59 Å². The van der Waals surface area contributed by atoms with Crippen LogP contribution in [0.25, 0.3) is 0 Å². The molecule has 2 unspecified atom stereocenters. The van der Waals surface area contributed by atoms with Crippen molar-refractivity contribution in [2.75, 3.05) is 39.0 Å². The molecule has 0 saturated carbocycles. The van der Waals surface area contributed by atoms with E-state index in [-0.39, 0.29) is 24.1 Å². The van der Waals surface area contributed by atoms with Crippen molar-refractivity contribution in [2.24, 2.45) is 0 Å². The van der Waals surface area contributed by atoms with Crippen LogP contribution in [-0.2, 0) is 15.0 Å². The normalized spacial score (nSPS) is 23.2. The number of para-hydroxylation sites is 1. The van der Waals surface area contributed by atoms with Crippen LogP contribution >= 0.6 is 0 Å². The molecule has 0 radical (unpaired) electrons. The third-order valence-electron chi connectivity index (χ3n) is 6.48. The molecule has 2 atom stereocenters. The molecule has 1 saturated heterocycles. The molecule has 2 heterocycles. The molecule has 2 aromatic carbocycles. The quantitative estimate of drug-likeness (QED) is 0.825. The maximum Gasteiger partial charge on any atom is 0.237 e. The Balaban J connectivity index is 1.79. The Morgan fingerprint density at radius 1 is 1.20 bits per heavy atom. The minimum atomic E-state index is -0.916. The van der Waals surface area contributed by atoms with Crippen molar-refractivity contribution in [1.29, 1.82) is 0 Å². The van der Waals surface area contributed by atoms with Crippen LogP contribution < -0.4 is 5.32 Å². The molecule has 30 heavy (non-hydrogen) atoms. The number of carbonyl (C=O) groups is 2. The molecule has 1 spiro atoms. The Kier molecular flexibility index (Phi) is 5.36. The summed E-state index contributed by atoms with van der Waals surface area (Å²) in [6.45, 7) is 3.69. The number of carbonyl (C=O) groups excluding carboxylic acids is 2. The standard InChI is InChI=1S/C24H28FN3O2/c1-16-9-10-17(25)13-18(16)20-14-22(29)28(12-6-11-27(2)3)15-24(20)19-7-4-5-8-21(19)26-23(24)30/h4-5,7-10,13,20H,6,11-12,14-15H2,1-3H3,(H,26,30). The summed E-state index contributed by atoms with van der Waals surface area (Å²) < 4.78 is 14.2. The molecule has 6 heteroatoms. The lowest BCUT2D eigenvalue weighted by molar-refractivity contribution is -0.139. The van der Waals surface area contributed by atoms with Gasteiger partial charge < -0.3 is 15.1 Å². The van der Waals surface area contributed by atoms with Crippen molar-refractivity contribution in [1.82, 2.24) is 9.80 Å². The Hall–Kier alpha value is -2.73. The van der Waals surface area contributed by atoms with Gasteiger partial charge >= 0.3 is 0 Å². The predicted octanol–water partition coefficient (Wildman–Crippen LogP) is 3.29. The van der Waals surface area contributed by atoms with Gasteiger partial charge in [-0.1, -0.05) is 24.3 Å². The van der Waals surface area contributed by atoms with Crippen LogP contribution in [-0.4, -0.2) is 55.3 Å². The van der Waals surface area contributed by atoms with Crippen LogP contribution in [0, 0.1) is 12.7 Å². The molecule has 0 aliphatic carbocycles. The van der Waals surface area contributed by atoms with Crippen LogP contribution in [0.2, 0.25) is 0 Å². The van der Waals surface area contributed by atoms with Crippen LogP contribution in [0.1, 0.15) is 35.4 Å². The molecule has 2 aliphatic rings. The van der Waals surface area contributed by atoms with E-state index >= 15 is 0 Å². The fraction of sp³-hybridized carbons (Fsp3) is 0.417. The number of aryl methyl sites for hydroxylation is 1. The monoisotopic (exact) mass is 409 g/mol. The molecule has 0 aromatic heterocycles. The summed E-state index contributed by atoms with van der Waals surface area (Å²) in [6, 6.07) is 12.3. The van der Waals surface area contributed by atoms with E-state index in [0.29, 0.717) is 13.1 Å². The maximum absolute atomic E-state index is 14.2. The van der Waals surface area contributed by atoms with Gasteiger partial charge in [0.05, 0.1) is 0 Å². The molecule has 2 aromatic rings. The van der Waals surface area contributed by atoms with E-state index in [1.165, 1.54) is 12.1 Å². The summed E-state index contributed by atoms with van der Waals surface area (Å²) in [5, 5.41) is 3.02. The van der Waals surface area contributed by atoms with Gasteiger partial charge in [-0.2, -0.15) is 0 Å². The van der Waals surface area contributed by atoms with Crippen molar-refractivity contribution >= 4 is 17.5 Å². The first-order valence-electron chi connectivity index (χ1n) is 10.4. The zero-order chi connectivity index (χ0) is 21.5. The average molecular weight is 410 g/mol. The summed E-state index contributed by atoms with van der Waals surface area (Å²) in [4.78, 5) is 30.5. The SMILES string of the molecule is Cc1ccc(F)cc1C1CC(=O)N(CCCN(C)C)CC12C(=O)Nc1ccccc12. The summed E-state index contributed by atoms with van der Waals surface area (Å²) in [5.74, 6) is -0.847. The number of likely N-dealkylation sites (tertiary alicyclic amines) is 1. The van der Waals surface area contributed by atoms with Crippen LogP contribution in [0.5, 0.6) is 0 Å². The topological polar surface area (TPSA) is 52.7 Å². The Morgan fingerprint density at radius 3 is 2.73 bits per heavy atom. The summed E-state index contributed by atoms with van der Waals surface area (Å²) in [6.07, 6.45) is 1.02. The van der Waals surface area contributed by atoms with E-state index in [0.717, 1.165) is 35.3 Å². The zero-order valence-corrected chi connectivity index (χ0v) is 17.7. The number of rotatable bonds is 5. The van der Waals surface area contributed by atoms with Crippen molar-refractivity contribution in [3.63, 3.8) is 0 Å². The first kappa shape index (κ1) is 20.5. The molecule has 1 fully saturated rings.